The molecule has 3 heterocycles. The molecule has 0 N–H and O–H groups in total. The van der Waals surface area contributed by atoms with Crippen molar-refractivity contribution >= 4 is 28.6 Å². The zero-order valence-electron chi connectivity index (χ0n) is 13.8. The van der Waals surface area contributed by atoms with Crippen molar-refractivity contribution in [3.8, 4) is 5.75 Å². The lowest BCUT2D eigenvalue weighted by Gasteiger charge is -2.03. The van der Waals surface area contributed by atoms with Crippen LogP contribution >= 0.6 is 23.1 Å². The molecule has 0 spiro atoms. The molecule has 0 amide bonds. The van der Waals surface area contributed by atoms with E-state index in [2.05, 4.69) is 32.7 Å². The Morgan fingerprint density at radius 3 is 2.92 bits per heavy atom. The van der Waals surface area contributed by atoms with Crippen molar-refractivity contribution in [3.05, 3.63) is 76.5 Å². The van der Waals surface area contributed by atoms with Crippen molar-refractivity contribution in [2.75, 3.05) is 0 Å². The number of hydrogen-bond donors (Lipinski definition) is 0. The molecule has 0 aliphatic heterocycles. The summed E-state index contributed by atoms with van der Waals surface area (Å²) in [4.78, 5) is 9.14. The quantitative estimate of drug-likeness (QED) is 0.451. The first-order chi connectivity index (χ1) is 12.3. The highest BCUT2D eigenvalue weighted by Crippen LogP contribution is 2.24. The fraction of sp³-hybridized carbons (Fsp3) is 0.158. The number of fused-ring (bicyclic) bond motifs is 1. The molecule has 126 valence electrons. The van der Waals surface area contributed by atoms with E-state index in [9.17, 15) is 0 Å². The Balaban J connectivity index is 1.35. The van der Waals surface area contributed by atoms with E-state index in [1.54, 1.807) is 23.1 Å². The van der Waals surface area contributed by atoms with Gasteiger partial charge in [-0.3, -0.25) is 4.40 Å². The van der Waals surface area contributed by atoms with Gasteiger partial charge >= 0.3 is 0 Å². The first-order valence-corrected chi connectivity index (χ1v) is 9.82. The molecule has 0 bridgehead atoms. The third-order valence-corrected chi connectivity index (χ3v) is 5.61. The van der Waals surface area contributed by atoms with E-state index in [1.165, 1.54) is 5.56 Å². The van der Waals surface area contributed by atoms with Crippen LogP contribution in [-0.4, -0.2) is 14.4 Å². The lowest BCUT2D eigenvalue weighted by Crippen LogP contribution is -1.95. The van der Waals surface area contributed by atoms with Gasteiger partial charge in [-0.1, -0.05) is 35.5 Å². The van der Waals surface area contributed by atoms with Gasteiger partial charge in [-0.25, -0.2) is 9.97 Å². The van der Waals surface area contributed by atoms with Crippen LogP contribution in [0.1, 0.15) is 16.3 Å². The van der Waals surface area contributed by atoms with Crippen LogP contribution < -0.4 is 4.74 Å². The largest absolute Gasteiger partial charge is 0.486 e. The van der Waals surface area contributed by atoms with Gasteiger partial charge in [-0.15, -0.1) is 11.3 Å². The Morgan fingerprint density at radius 1 is 1.16 bits per heavy atom. The lowest BCUT2D eigenvalue weighted by atomic mass is 10.2. The predicted octanol–water partition coefficient (Wildman–Crippen LogP) is 4.97. The van der Waals surface area contributed by atoms with Gasteiger partial charge in [-0.05, 0) is 31.2 Å². The molecule has 6 heteroatoms. The topological polar surface area (TPSA) is 39.4 Å². The maximum absolute atomic E-state index is 5.79. The van der Waals surface area contributed by atoms with Gasteiger partial charge in [0.1, 0.15) is 17.4 Å². The summed E-state index contributed by atoms with van der Waals surface area (Å²) >= 11 is 3.33. The van der Waals surface area contributed by atoms with Crippen molar-refractivity contribution in [1.29, 1.82) is 0 Å². The van der Waals surface area contributed by atoms with E-state index in [-0.39, 0.29) is 0 Å². The Morgan fingerprint density at radius 2 is 2.04 bits per heavy atom. The third kappa shape index (κ3) is 3.86. The van der Waals surface area contributed by atoms with E-state index in [0.717, 1.165) is 32.9 Å². The minimum absolute atomic E-state index is 0.505. The highest BCUT2D eigenvalue weighted by Gasteiger charge is 2.07. The minimum Gasteiger partial charge on any atom is -0.486 e. The number of pyridine rings is 1. The second-order valence-corrected chi connectivity index (χ2v) is 7.54. The first kappa shape index (κ1) is 16.2. The summed E-state index contributed by atoms with van der Waals surface area (Å²) < 4.78 is 7.89. The highest BCUT2D eigenvalue weighted by atomic mass is 32.2. The maximum Gasteiger partial charge on any atom is 0.172 e. The van der Waals surface area contributed by atoms with Gasteiger partial charge in [0.05, 0.1) is 17.4 Å². The van der Waals surface area contributed by atoms with Crippen LogP contribution in [0.4, 0.5) is 0 Å². The van der Waals surface area contributed by atoms with Gasteiger partial charge < -0.3 is 4.74 Å². The Hall–Kier alpha value is -2.31. The van der Waals surface area contributed by atoms with Crippen LogP contribution in [0.3, 0.4) is 0 Å². The Kier molecular flexibility index (Phi) is 4.72. The number of aryl methyl sites for hydroxylation is 1. The van der Waals surface area contributed by atoms with Crippen LogP contribution in [0.5, 0.6) is 5.75 Å². The fourth-order valence-corrected chi connectivity index (χ4v) is 4.09. The first-order valence-electron chi connectivity index (χ1n) is 7.95. The van der Waals surface area contributed by atoms with Crippen LogP contribution in [-0.2, 0) is 12.4 Å². The SMILES string of the molecule is Cc1ccc(OCc2nc(CSc3ncc4ccccn34)cs2)cc1. The average Bonchev–Trinajstić information content (AvgIpc) is 3.26. The Bertz CT molecular complexity index is 976. The molecule has 25 heavy (non-hydrogen) atoms. The summed E-state index contributed by atoms with van der Waals surface area (Å²) in [7, 11) is 0. The summed E-state index contributed by atoms with van der Waals surface area (Å²) in [6, 6.07) is 14.2. The summed E-state index contributed by atoms with van der Waals surface area (Å²) in [6.45, 7) is 2.57. The highest BCUT2D eigenvalue weighted by molar-refractivity contribution is 7.98. The molecular weight excluding hydrogens is 350 g/mol. The maximum atomic E-state index is 5.79. The number of hydrogen-bond acceptors (Lipinski definition) is 5. The molecule has 1 aromatic carbocycles. The summed E-state index contributed by atoms with van der Waals surface area (Å²) in [6.07, 6.45) is 3.93. The number of nitrogens with zero attached hydrogens (tertiary/aromatic N) is 3. The molecule has 0 aliphatic rings. The van der Waals surface area contributed by atoms with Gasteiger partial charge in [0.2, 0.25) is 0 Å². The monoisotopic (exact) mass is 367 g/mol. The number of aromatic nitrogens is 3. The van der Waals surface area contributed by atoms with Gasteiger partial charge in [0.25, 0.3) is 0 Å². The van der Waals surface area contributed by atoms with E-state index in [1.807, 2.05) is 48.8 Å². The molecule has 3 aromatic heterocycles. The third-order valence-electron chi connectivity index (χ3n) is 3.74. The van der Waals surface area contributed by atoms with E-state index < -0.39 is 0 Å². The van der Waals surface area contributed by atoms with Crippen molar-refractivity contribution < 1.29 is 4.74 Å². The van der Waals surface area contributed by atoms with Gasteiger partial charge in [0, 0.05) is 17.3 Å². The number of rotatable bonds is 6. The van der Waals surface area contributed by atoms with Crippen LogP contribution in [0.2, 0.25) is 0 Å². The number of imidazole rings is 1. The van der Waals surface area contributed by atoms with Crippen LogP contribution in [0.25, 0.3) is 5.52 Å². The minimum atomic E-state index is 0.505. The second kappa shape index (κ2) is 7.29. The molecule has 0 saturated carbocycles. The van der Waals surface area contributed by atoms with Crippen LogP contribution in [0, 0.1) is 6.92 Å². The second-order valence-electron chi connectivity index (χ2n) is 5.66. The molecule has 0 fully saturated rings. The molecule has 4 rings (SSSR count). The van der Waals surface area contributed by atoms with Crippen molar-refractivity contribution in [1.82, 2.24) is 14.4 Å². The van der Waals surface area contributed by atoms with E-state index in [4.69, 9.17) is 4.74 Å². The number of benzene rings is 1. The molecular formula is C19H17N3OS2. The van der Waals surface area contributed by atoms with Crippen molar-refractivity contribution in [3.63, 3.8) is 0 Å². The van der Waals surface area contributed by atoms with Gasteiger partial charge in [0.15, 0.2) is 5.16 Å². The summed E-state index contributed by atoms with van der Waals surface area (Å²) in [5.41, 5.74) is 3.40. The average molecular weight is 367 g/mol. The number of ether oxygens (including phenoxy) is 1. The van der Waals surface area contributed by atoms with Crippen LogP contribution in [0.15, 0.2) is 65.4 Å². The van der Waals surface area contributed by atoms with E-state index >= 15 is 0 Å². The van der Waals surface area contributed by atoms with Gasteiger partial charge in [-0.2, -0.15) is 0 Å². The Labute approximate surface area is 154 Å². The molecule has 0 radical (unpaired) electrons. The van der Waals surface area contributed by atoms with Crippen molar-refractivity contribution in [2.24, 2.45) is 0 Å². The summed E-state index contributed by atoms with van der Waals surface area (Å²) in [5.74, 6) is 1.68. The molecule has 0 atom stereocenters. The normalized spacial score (nSPS) is 11.1. The summed E-state index contributed by atoms with van der Waals surface area (Å²) in [5, 5.41) is 4.07. The molecule has 0 saturated heterocycles. The zero-order valence-corrected chi connectivity index (χ0v) is 15.4. The fourth-order valence-electron chi connectivity index (χ4n) is 2.43. The molecule has 0 unspecified atom stereocenters. The molecule has 4 aromatic rings. The van der Waals surface area contributed by atoms with E-state index in [0.29, 0.717) is 6.61 Å². The molecule has 0 aliphatic carbocycles. The lowest BCUT2D eigenvalue weighted by molar-refractivity contribution is 0.305. The molecule has 4 nitrogen and oxygen atoms in total. The zero-order chi connectivity index (χ0) is 17.1. The number of thiazole rings is 1. The number of thioether (sulfide) groups is 1. The predicted molar refractivity (Wildman–Crippen MR) is 102 cm³/mol. The standard InChI is InChI=1S/C19H17N3OS2/c1-14-5-7-17(8-6-14)23-11-18-21-15(12-24-18)13-25-19-20-10-16-4-2-3-9-22(16)19/h2-10,12H,11,13H2,1H3. The smallest absolute Gasteiger partial charge is 0.172 e. The van der Waals surface area contributed by atoms with Crippen molar-refractivity contribution in [2.45, 2.75) is 24.4 Å².